The minimum Gasteiger partial charge on any atom is -0.508 e. The Bertz CT molecular complexity index is 553. The molecule has 1 unspecified atom stereocenters. The van der Waals surface area contributed by atoms with Gasteiger partial charge in [-0.1, -0.05) is 64.3 Å². The van der Waals surface area contributed by atoms with Gasteiger partial charge in [-0.3, -0.25) is 0 Å². The van der Waals surface area contributed by atoms with E-state index in [4.69, 9.17) is 0 Å². The van der Waals surface area contributed by atoms with E-state index < -0.39 is 0 Å². The molecule has 1 atom stereocenters. The molecule has 0 aliphatic carbocycles. The molecule has 0 saturated carbocycles. The molecule has 0 aliphatic rings. The molecule has 0 saturated heterocycles. The van der Waals surface area contributed by atoms with Gasteiger partial charge in [-0.15, -0.1) is 0 Å². The van der Waals surface area contributed by atoms with Gasteiger partial charge >= 0.3 is 0 Å². The van der Waals surface area contributed by atoms with E-state index in [2.05, 4.69) is 20.8 Å². The fraction of sp³-hybridized carbons (Fsp3) is 0.455. The van der Waals surface area contributed by atoms with Crippen molar-refractivity contribution in [1.82, 2.24) is 0 Å². The predicted molar refractivity (Wildman–Crippen MR) is 101 cm³/mol. The third-order valence-electron chi connectivity index (χ3n) is 4.71. The number of phenolic OH excluding ortho intramolecular Hbond substituents is 2. The van der Waals surface area contributed by atoms with Gasteiger partial charge in [-0.2, -0.15) is 0 Å². The van der Waals surface area contributed by atoms with Crippen LogP contribution in [0.5, 0.6) is 11.5 Å². The van der Waals surface area contributed by atoms with Crippen LogP contribution in [0.3, 0.4) is 0 Å². The van der Waals surface area contributed by atoms with Gasteiger partial charge in [0.05, 0.1) is 0 Å². The van der Waals surface area contributed by atoms with Crippen molar-refractivity contribution in [2.75, 3.05) is 0 Å². The van der Waals surface area contributed by atoms with Crippen molar-refractivity contribution in [2.45, 2.75) is 52.4 Å². The first kappa shape index (κ1) is 18.4. The summed E-state index contributed by atoms with van der Waals surface area (Å²) in [7, 11) is 0. The third kappa shape index (κ3) is 5.59. The smallest absolute Gasteiger partial charge is 0.115 e. The van der Waals surface area contributed by atoms with Crippen LogP contribution in [0, 0.1) is 11.8 Å². The van der Waals surface area contributed by atoms with Crippen molar-refractivity contribution in [3.05, 3.63) is 59.7 Å². The highest BCUT2D eigenvalue weighted by Crippen LogP contribution is 2.34. The number of phenols is 2. The van der Waals surface area contributed by atoms with E-state index in [1.54, 1.807) is 24.3 Å². The lowest BCUT2D eigenvalue weighted by atomic mass is 9.82. The molecule has 0 bridgehead atoms. The fourth-order valence-corrected chi connectivity index (χ4v) is 3.27. The second-order valence-electron chi connectivity index (χ2n) is 7.40. The summed E-state index contributed by atoms with van der Waals surface area (Å²) in [6, 6.07) is 15.1. The molecule has 2 rings (SSSR count). The van der Waals surface area contributed by atoms with Crippen LogP contribution in [0.15, 0.2) is 48.5 Å². The highest BCUT2D eigenvalue weighted by atomic mass is 16.3. The van der Waals surface area contributed by atoms with Crippen molar-refractivity contribution in [1.29, 1.82) is 0 Å². The molecule has 2 heteroatoms. The minimum atomic E-state index is 0.292. The summed E-state index contributed by atoms with van der Waals surface area (Å²) >= 11 is 0. The van der Waals surface area contributed by atoms with Crippen molar-refractivity contribution in [2.24, 2.45) is 11.8 Å². The van der Waals surface area contributed by atoms with E-state index in [1.165, 1.54) is 30.4 Å². The van der Waals surface area contributed by atoms with Gasteiger partial charge in [0.25, 0.3) is 0 Å². The molecule has 0 fully saturated rings. The Morgan fingerprint density at radius 3 is 1.58 bits per heavy atom. The number of aromatic hydroxyl groups is 2. The average Bonchev–Trinajstić information content (AvgIpc) is 2.54. The minimum absolute atomic E-state index is 0.292. The molecular formula is C22H30O2. The Hall–Kier alpha value is -1.96. The number of rotatable bonds is 8. The molecule has 0 aromatic heterocycles. The standard InChI is InChI=1S/C22H30O2/c1-16(2)5-4-6-17(3)15-22(18-7-11-20(23)12-8-18)19-9-13-21(24)14-10-19/h7-14,16-17,22-24H,4-6,15H2,1-3H3. The molecule has 2 aromatic rings. The van der Waals surface area contributed by atoms with Crippen LogP contribution in [0.25, 0.3) is 0 Å². The van der Waals surface area contributed by atoms with Crippen molar-refractivity contribution in [3.8, 4) is 11.5 Å². The second-order valence-corrected chi connectivity index (χ2v) is 7.40. The molecule has 2 aromatic carbocycles. The summed E-state index contributed by atoms with van der Waals surface area (Å²) in [6.45, 7) is 6.88. The van der Waals surface area contributed by atoms with Gasteiger partial charge in [0.1, 0.15) is 11.5 Å². The summed E-state index contributed by atoms with van der Waals surface area (Å²) < 4.78 is 0. The van der Waals surface area contributed by atoms with Crippen molar-refractivity contribution in [3.63, 3.8) is 0 Å². The van der Waals surface area contributed by atoms with Crippen molar-refractivity contribution >= 4 is 0 Å². The van der Waals surface area contributed by atoms with Gasteiger partial charge < -0.3 is 10.2 Å². The average molecular weight is 326 g/mol. The fourth-order valence-electron chi connectivity index (χ4n) is 3.27. The van der Waals surface area contributed by atoms with E-state index in [1.807, 2.05) is 24.3 Å². The van der Waals surface area contributed by atoms with Gasteiger partial charge in [-0.25, -0.2) is 0 Å². The van der Waals surface area contributed by atoms with Crippen molar-refractivity contribution < 1.29 is 10.2 Å². The zero-order valence-corrected chi connectivity index (χ0v) is 15.1. The van der Waals surface area contributed by atoms with Crippen LogP contribution >= 0.6 is 0 Å². The summed E-state index contributed by atoms with van der Waals surface area (Å²) in [4.78, 5) is 0. The predicted octanol–water partition coefficient (Wildman–Crippen LogP) is 6.08. The maximum Gasteiger partial charge on any atom is 0.115 e. The normalized spacial score (nSPS) is 12.7. The Morgan fingerprint density at radius 2 is 1.17 bits per heavy atom. The van der Waals surface area contributed by atoms with Crippen LogP contribution in [0.1, 0.15) is 63.5 Å². The van der Waals surface area contributed by atoms with Crippen LogP contribution in [-0.2, 0) is 0 Å². The third-order valence-corrected chi connectivity index (χ3v) is 4.71. The number of hydrogen-bond acceptors (Lipinski definition) is 2. The first-order chi connectivity index (χ1) is 11.5. The number of benzene rings is 2. The lowest BCUT2D eigenvalue weighted by Gasteiger charge is -2.22. The summed E-state index contributed by atoms with van der Waals surface area (Å²) in [6.07, 6.45) is 4.88. The summed E-state index contributed by atoms with van der Waals surface area (Å²) in [5, 5.41) is 19.1. The Balaban J connectivity index is 2.13. The molecular weight excluding hydrogens is 296 g/mol. The molecule has 0 amide bonds. The molecule has 0 spiro atoms. The van der Waals surface area contributed by atoms with E-state index >= 15 is 0 Å². The second kappa shape index (κ2) is 8.77. The van der Waals surface area contributed by atoms with E-state index in [9.17, 15) is 10.2 Å². The van der Waals surface area contributed by atoms with E-state index in [-0.39, 0.29) is 0 Å². The van der Waals surface area contributed by atoms with Gasteiger partial charge in [0.15, 0.2) is 0 Å². The van der Waals surface area contributed by atoms with Gasteiger partial charge in [0.2, 0.25) is 0 Å². The zero-order valence-electron chi connectivity index (χ0n) is 15.1. The first-order valence-electron chi connectivity index (χ1n) is 9.03. The van der Waals surface area contributed by atoms with E-state index in [0.717, 1.165) is 12.3 Å². The zero-order chi connectivity index (χ0) is 17.5. The molecule has 0 heterocycles. The Morgan fingerprint density at radius 1 is 0.708 bits per heavy atom. The lowest BCUT2D eigenvalue weighted by Crippen LogP contribution is -2.07. The van der Waals surface area contributed by atoms with Crippen LogP contribution in [0.2, 0.25) is 0 Å². The molecule has 2 N–H and O–H groups in total. The largest absolute Gasteiger partial charge is 0.508 e. The molecule has 0 radical (unpaired) electrons. The van der Waals surface area contributed by atoms with E-state index in [0.29, 0.717) is 23.3 Å². The highest BCUT2D eigenvalue weighted by Gasteiger charge is 2.18. The van der Waals surface area contributed by atoms with Gasteiger partial charge in [0, 0.05) is 5.92 Å². The molecule has 2 nitrogen and oxygen atoms in total. The van der Waals surface area contributed by atoms with Gasteiger partial charge in [-0.05, 0) is 53.6 Å². The quantitative estimate of drug-likeness (QED) is 0.617. The monoisotopic (exact) mass is 326 g/mol. The first-order valence-corrected chi connectivity index (χ1v) is 9.03. The highest BCUT2D eigenvalue weighted by molar-refractivity contribution is 5.37. The maximum atomic E-state index is 9.56. The molecule has 24 heavy (non-hydrogen) atoms. The topological polar surface area (TPSA) is 40.5 Å². The molecule has 0 aliphatic heterocycles. The SMILES string of the molecule is CC(C)CCCC(C)CC(c1ccc(O)cc1)c1ccc(O)cc1. The van der Waals surface area contributed by atoms with Crippen LogP contribution in [-0.4, -0.2) is 10.2 Å². The Labute approximate surface area is 146 Å². The van der Waals surface area contributed by atoms with Crippen LogP contribution in [0.4, 0.5) is 0 Å². The lowest BCUT2D eigenvalue weighted by molar-refractivity contribution is 0.420. The maximum absolute atomic E-state index is 9.56. The number of hydrogen-bond donors (Lipinski definition) is 2. The Kier molecular flexibility index (Phi) is 6.72. The summed E-state index contributed by atoms with van der Waals surface area (Å²) in [5.41, 5.74) is 2.43. The van der Waals surface area contributed by atoms with Crippen LogP contribution < -0.4 is 0 Å². The summed E-state index contributed by atoms with van der Waals surface area (Å²) in [5.74, 6) is 2.29. The molecule has 130 valence electrons.